The average Bonchev–Trinajstić information content (AvgIpc) is 3.35. The molecule has 4 rings (SSSR count). The van der Waals surface area contributed by atoms with Crippen molar-refractivity contribution in [3.8, 4) is 5.75 Å². The molecule has 24 heavy (non-hydrogen) atoms. The first-order valence-electron chi connectivity index (χ1n) is 8.95. The summed E-state index contributed by atoms with van der Waals surface area (Å²) in [5, 5.41) is 3.44. The highest BCUT2D eigenvalue weighted by Crippen LogP contribution is 2.56. The molecule has 0 radical (unpaired) electrons. The topological polar surface area (TPSA) is 41.6 Å². The molecule has 3 fully saturated rings. The van der Waals surface area contributed by atoms with E-state index in [4.69, 9.17) is 4.74 Å². The standard InChI is InChI=1S/C19H26N2O2.ClH/c1-23-17-9-5-4-8-15(17)16-12-20-10-11-21(16)19(22)18-13-6-2-3-7-14(13)18;/h4-5,8-9,13-14,16,18,20H,2-3,6-7,10-12H2,1H3;1H. The molecule has 1 aromatic rings. The van der Waals surface area contributed by atoms with Crippen LogP contribution in [0.15, 0.2) is 24.3 Å². The number of nitrogens with zero attached hydrogens (tertiary/aromatic N) is 1. The van der Waals surface area contributed by atoms with Crippen LogP contribution < -0.4 is 10.1 Å². The van der Waals surface area contributed by atoms with Crippen LogP contribution in [0.4, 0.5) is 0 Å². The van der Waals surface area contributed by atoms with E-state index in [9.17, 15) is 4.79 Å². The van der Waals surface area contributed by atoms with Gasteiger partial charge in [0.2, 0.25) is 5.91 Å². The SMILES string of the molecule is COc1ccccc1C1CNCCN1C(=O)C1C2CCCCC21.Cl. The van der Waals surface area contributed by atoms with Crippen molar-refractivity contribution in [2.45, 2.75) is 31.7 Å². The van der Waals surface area contributed by atoms with E-state index >= 15 is 0 Å². The molecule has 5 heteroatoms. The minimum absolute atomic E-state index is 0. The van der Waals surface area contributed by atoms with Gasteiger partial charge in [-0.05, 0) is 30.7 Å². The van der Waals surface area contributed by atoms with Crippen molar-refractivity contribution in [3.63, 3.8) is 0 Å². The van der Waals surface area contributed by atoms with Gasteiger partial charge in [0.05, 0.1) is 13.2 Å². The van der Waals surface area contributed by atoms with Gasteiger partial charge in [-0.2, -0.15) is 0 Å². The second-order valence-electron chi connectivity index (χ2n) is 7.13. The Balaban J connectivity index is 0.00000169. The molecule has 0 bridgehead atoms. The number of ether oxygens (including phenoxy) is 1. The van der Waals surface area contributed by atoms with Gasteiger partial charge in [0.1, 0.15) is 5.75 Å². The Bertz CT molecular complexity index is 582. The lowest BCUT2D eigenvalue weighted by molar-refractivity contribution is -0.136. The molecule has 3 unspecified atom stereocenters. The molecule has 3 atom stereocenters. The monoisotopic (exact) mass is 350 g/mol. The fraction of sp³-hybridized carbons (Fsp3) is 0.632. The van der Waals surface area contributed by atoms with E-state index in [0.717, 1.165) is 30.9 Å². The fourth-order valence-corrected chi connectivity index (χ4v) is 4.74. The quantitative estimate of drug-likeness (QED) is 0.911. The number of fused-ring (bicyclic) bond motifs is 1. The molecular formula is C19H27ClN2O2. The molecule has 1 saturated heterocycles. The molecule has 1 aliphatic heterocycles. The Labute approximate surface area is 150 Å². The highest BCUT2D eigenvalue weighted by molar-refractivity contribution is 5.85. The average molecular weight is 351 g/mol. The predicted molar refractivity (Wildman–Crippen MR) is 96.5 cm³/mol. The van der Waals surface area contributed by atoms with Crippen molar-refractivity contribution in [1.29, 1.82) is 0 Å². The van der Waals surface area contributed by atoms with Gasteiger partial charge in [-0.3, -0.25) is 4.79 Å². The van der Waals surface area contributed by atoms with Crippen molar-refractivity contribution in [2.24, 2.45) is 17.8 Å². The molecule has 0 aromatic heterocycles. The number of piperazine rings is 1. The van der Waals surface area contributed by atoms with Crippen LogP contribution in [-0.4, -0.2) is 37.6 Å². The number of hydrogen-bond donors (Lipinski definition) is 1. The summed E-state index contributed by atoms with van der Waals surface area (Å²) in [7, 11) is 1.71. The van der Waals surface area contributed by atoms with Gasteiger partial charge in [0.15, 0.2) is 0 Å². The Hall–Kier alpha value is -1.26. The highest BCUT2D eigenvalue weighted by Gasteiger charge is 2.56. The first kappa shape index (κ1) is 17.6. The third-order valence-electron chi connectivity index (χ3n) is 5.97. The maximum Gasteiger partial charge on any atom is 0.226 e. The number of benzene rings is 1. The summed E-state index contributed by atoms with van der Waals surface area (Å²) in [6.07, 6.45) is 5.13. The summed E-state index contributed by atoms with van der Waals surface area (Å²) in [5.74, 6) is 2.91. The van der Waals surface area contributed by atoms with Gasteiger partial charge in [0.25, 0.3) is 0 Å². The molecule has 0 spiro atoms. The van der Waals surface area contributed by atoms with Gasteiger partial charge < -0.3 is 15.0 Å². The van der Waals surface area contributed by atoms with Gasteiger partial charge in [-0.1, -0.05) is 31.0 Å². The third-order valence-corrected chi connectivity index (χ3v) is 5.97. The lowest BCUT2D eigenvalue weighted by Gasteiger charge is -2.37. The number of carbonyl (C=O) groups is 1. The van der Waals surface area contributed by atoms with Crippen molar-refractivity contribution >= 4 is 18.3 Å². The van der Waals surface area contributed by atoms with E-state index in [2.05, 4.69) is 16.3 Å². The minimum atomic E-state index is 0. The molecular weight excluding hydrogens is 324 g/mol. The number of rotatable bonds is 3. The van der Waals surface area contributed by atoms with E-state index in [0.29, 0.717) is 23.7 Å². The second-order valence-corrected chi connectivity index (χ2v) is 7.13. The Kier molecular flexibility index (Phi) is 5.36. The van der Waals surface area contributed by atoms with Crippen LogP contribution in [0.25, 0.3) is 0 Å². The minimum Gasteiger partial charge on any atom is -0.496 e. The van der Waals surface area contributed by atoms with Crippen LogP contribution in [0, 0.1) is 17.8 Å². The normalized spacial score (nSPS) is 31.6. The molecule has 1 N–H and O–H groups in total. The van der Waals surface area contributed by atoms with Crippen molar-refractivity contribution < 1.29 is 9.53 Å². The molecule has 1 heterocycles. The molecule has 4 nitrogen and oxygen atoms in total. The highest BCUT2D eigenvalue weighted by atomic mass is 35.5. The van der Waals surface area contributed by atoms with E-state index in [1.54, 1.807) is 7.11 Å². The first-order chi connectivity index (χ1) is 11.3. The number of amides is 1. The predicted octanol–water partition coefficient (Wildman–Crippen LogP) is 3.03. The zero-order valence-electron chi connectivity index (χ0n) is 14.2. The van der Waals surface area contributed by atoms with Crippen LogP contribution in [0.1, 0.15) is 37.3 Å². The molecule has 1 aromatic carbocycles. The molecule has 132 valence electrons. The van der Waals surface area contributed by atoms with E-state index in [1.165, 1.54) is 25.7 Å². The van der Waals surface area contributed by atoms with Crippen LogP contribution in [0.5, 0.6) is 5.75 Å². The van der Waals surface area contributed by atoms with E-state index in [1.807, 2.05) is 18.2 Å². The van der Waals surface area contributed by atoms with Crippen LogP contribution >= 0.6 is 12.4 Å². The summed E-state index contributed by atoms with van der Waals surface area (Å²) < 4.78 is 5.53. The lowest BCUT2D eigenvalue weighted by Crippen LogP contribution is -2.49. The zero-order chi connectivity index (χ0) is 15.8. The summed E-state index contributed by atoms with van der Waals surface area (Å²) in [5.41, 5.74) is 1.12. The Morgan fingerprint density at radius 1 is 1.21 bits per heavy atom. The number of hydrogen-bond acceptors (Lipinski definition) is 3. The third kappa shape index (κ3) is 3.02. The van der Waals surface area contributed by atoms with E-state index in [-0.39, 0.29) is 18.4 Å². The Morgan fingerprint density at radius 3 is 2.62 bits per heavy atom. The second kappa shape index (κ2) is 7.32. The maximum absolute atomic E-state index is 13.2. The first-order valence-corrected chi connectivity index (χ1v) is 8.95. The summed E-state index contributed by atoms with van der Waals surface area (Å²) in [6, 6.07) is 8.20. The van der Waals surface area contributed by atoms with Gasteiger partial charge in [0, 0.05) is 31.1 Å². The number of halogens is 1. The van der Waals surface area contributed by atoms with Crippen molar-refractivity contribution in [3.05, 3.63) is 29.8 Å². The Morgan fingerprint density at radius 2 is 1.92 bits per heavy atom. The van der Waals surface area contributed by atoms with Crippen molar-refractivity contribution in [2.75, 3.05) is 26.7 Å². The number of carbonyl (C=O) groups excluding carboxylic acids is 1. The summed E-state index contributed by atoms with van der Waals surface area (Å²) in [4.78, 5) is 15.3. The van der Waals surface area contributed by atoms with Gasteiger partial charge in [-0.25, -0.2) is 0 Å². The number of methoxy groups -OCH3 is 1. The van der Waals surface area contributed by atoms with Gasteiger partial charge in [-0.15, -0.1) is 12.4 Å². The number of nitrogens with one attached hydrogen (secondary N) is 1. The zero-order valence-corrected chi connectivity index (χ0v) is 15.1. The number of para-hydroxylation sites is 1. The molecule has 1 amide bonds. The van der Waals surface area contributed by atoms with Crippen LogP contribution in [0.2, 0.25) is 0 Å². The lowest BCUT2D eigenvalue weighted by atomic mass is 10.0. The molecule has 2 saturated carbocycles. The molecule has 3 aliphatic rings. The van der Waals surface area contributed by atoms with Crippen LogP contribution in [-0.2, 0) is 4.79 Å². The van der Waals surface area contributed by atoms with Crippen molar-refractivity contribution in [1.82, 2.24) is 10.2 Å². The summed E-state index contributed by atoms with van der Waals surface area (Å²) in [6.45, 7) is 2.51. The van der Waals surface area contributed by atoms with Gasteiger partial charge >= 0.3 is 0 Å². The largest absolute Gasteiger partial charge is 0.496 e. The maximum atomic E-state index is 13.2. The fourth-order valence-electron chi connectivity index (χ4n) is 4.74. The smallest absolute Gasteiger partial charge is 0.226 e. The van der Waals surface area contributed by atoms with Crippen LogP contribution in [0.3, 0.4) is 0 Å². The molecule has 2 aliphatic carbocycles. The summed E-state index contributed by atoms with van der Waals surface area (Å²) >= 11 is 0. The van der Waals surface area contributed by atoms with E-state index < -0.39 is 0 Å².